The van der Waals surface area contributed by atoms with Gasteiger partial charge in [0.05, 0.1) is 6.04 Å². The van der Waals surface area contributed by atoms with Crippen molar-refractivity contribution in [2.24, 2.45) is 5.73 Å². The Labute approximate surface area is 122 Å². The van der Waals surface area contributed by atoms with E-state index in [0.717, 1.165) is 5.56 Å². The first-order valence-electron chi connectivity index (χ1n) is 6.32. The summed E-state index contributed by atoms with van der Waals surface area (Å²) in [5.74, 6) is -0.560. The Balaban J connectivity index is 2.02. The maximum Gasteiger partial charge on any atom is 0.154 e. The molecule has 0 aliphatic carbocycles. The zero-order valence-electron chi connectivity index (χ0n) is 10.9. The molecule has 20 heavy (non-hydrogen) atoms. The lowest BCUT2D eigenvalue weighted by Gasteiger charge is -2.11. The molecule has 2 aromatic carbocycles. The summed E-state index contributed by atoms with van der Waals surface area (Å²) in [6.07, 6.45) is 0.511. The molecule has 0 saturated carbocycles. The summed E-state index contributed by atoms with van der Waals surface area (Å²) >= 11 is 5.95. The minimum Gasteiger partial charge on any atom is -0.321 e. The zero-order valence-corrected chi connectivity index (χ0v) is 11.6. The summed E-state index contributed by atoms with van der Waals surface area (Å²) in [5, 5.41) is 0.381. The van der Waals surface area contributed by atoms with Gasteiger partial charge in [-0.15, -0.1) is 0 Å². The number of nitrogens with two attached hydrogens (primary N) is 1. The van der Waals surface area contributed by atoms with Crippen molar-refractivity contribution in [1.82, 2.24) is 0 Å². The van der Waals surface area contributed by atoms with E-state index in [1.54, 1.807) is 0 Å². The Morgan fingerprint density at radius 2 is 1.90 bits per heavy atom. The summed E-state index contributed by atoms with van der Waals surface area (Å²) in [6.45, 7) is 0. The number of hydrogen-bond donors (Lipinski definition) is 1. The number of Topliss-reactive ketones (excluding diaryl/α,β-unsaturated/α-hetero) is 1. The monoisotopic (exact) mass is 291 g/mol. The van der Waals surface area contributed by atoms with Crippen LogP contribution in [0, 0.1) is 5.82 Å². The van der Waals surface area contributed by atoms with Crippen molar-refractivity contribution in [2.75, 3.05) is 0 Å². The average molecular weight is 292 g/mol. The molecule has 0 spiro atoms. The second-order valence-electron chi connectivity index (χ2n) is 4.68. The first-order chi connectivity index (χ1) is 9.56. The van der Waals surface area contributed by atoms with Crippen LogP contribution >= 0.6 is 11.6 Å². The molecule has 2 N–H and O–H groups in total. The van der Waals surface area contributed by atoms with Crippen LogP contribution in [0.2, 0.25) is 5.02 Å². The van der Waals surface area contributed by atoms with Crippen molar-refractivity contribution in [2.45, 2.75) is 18.9 Å². The van der Waals surface area contributed by atoms with Gasteiger partial charge in [-0.25, -0.2) is 4.39 Å². The van der Waals surface area contributed by atoms with Crippen LogP contribution in [0.1, 0.15) is 11.1 Å². The summed E-state index contributed by atoms with van der Waals surface area (Å²) < 4.78 is 13.1. The fourth-order valence-electron chi connectivity index (χ4n) is 1.98. The van der Waals surface area contributed by atoms with E-state index in [-0.39, 0.29) is 12.2 Å². The lowest BCUT2D eigenvalue weighted by molar-refractivity contribution is -0.119. The van der Waals surface area contributed by atoms with Gasteiger partial charge in [-0.2, -0.15) is 0 Å². The Kier molecular flexibility index (Phi) is 4.88. The maximum absolute atomic E-state index is 13.1. The highest BCUT2D eigenvalue weighted by Crippen LogP contribution is 2.18. The number of carbonyl (C=O) groups is 1. The predicted molar refractivity (Wildman–Crippen MR) is 78.2 cm³/mol. The van der Waals surface area contributed by atoms with Crippen LogP contribution in [-0.2, 0) is 17.6 Å². The van der Waals surface area contributed by atoms with Crippen LogP contribution in [0.25, 0.3) is 0 Å². The first-order valence-corrected chi connectivity index (χ1v) is 6.70. The summed E-state index contributed by atoms with van der Waals surface area (Å²) in [6, 6.07) is 12.9. The average Bonchev–Trinajstić information content (AvgIpc) is 2.44. The minimum atomic E-state index is -0.614. The molecule has 0 aliphatic heterocycles. The van der Waals surface area contributed by atoms with Gasteiger partial charge in [-0.05, 0) is 35.7 Å². The van der Waals surface area contributed by atoms with Crippen LogP contribution in [0.15, 0.2) is 48.5 Å². The van der Waals surface area contributed by atoms with Gasteiger partial charge in [0.15, 0.2) is 5.78 Å². The van der Waals surface area contributed by atoms with Crippen molar-refractivity contribution in [3.8, 4) is 0 Å². The van der Waals surface area contributed by atoms with E-state index >= 15 is 0 Å². The molecule has 104 valence electrons. The standard InChI is InChI=1S/C16H15ClFNO/c17-14-7-6-13(18)9-12(14)10-16(20)15(19)8-11-4-2-1-3-5-11/h1-7,9,15H,8,10,19H2. The lowest BCUT2D eigenvalue weighted by Crippen LogP contribution is -2.34. The number of hydrogen-bond acceptors (Lipinski definition) is 2. The van der Waals surface area contributed by atoms with Crippen molar-refractivity contribution < 1.29 is 9.18 Å². The van der Waals surface area contributed by atoms with Crippen LogP contribution in [0.5, 0.6) is 0 Å². The molecule has 0 fully saturated rings. The predicted octanol–water partition coefficient (Wildman–Crippen LogP) is 3.16. The molecule has 2 nitrogen and oxygen atoms in total. The molecule has 0 amide bonds. The number of halogens is 2. The van der Waals surface area contributed by atoms with Crippen LogP contribution < -0.4 is 5.73 Å². The molecule has 2 rings (SSSR count). The normalized spacial score (nSPS) is 12.2. The molecule has 0 bridgehead atoms. The second-order valence-corrected chi connectivity index (χ2v) is 5.08. The van der Waals surface area contributed by atoms with E-state index in [1.165, 1.54) is 18.2 Å². The number of rotatable bonds is 5. The molecule has 0 saturated heterocycles. The quantitative estimate of drug-likeness (QED) is 0.919. The molecule has 0 heterocycles. The minimum absolute atomic E-state index is 0.0462. The van der Waals surface area contributed by atoms with Gasteiger partial charge < -0.3 is 5.73 Å². The Morgan fingerprint density at radius 3 is 2.60 bits per heavy atom. The van der Waals surface area contributed by atoms with E-state index in [4.69, 9.17) is 17.3 Å². The lowest BCUT2D eigenvalue weighted by atomic mass is 9.98. The van der Waals surface area contributed by atoms with E-state index in [9.17, 15) is 9.18 Å². The third kappa shape index (κ3) is 3.89. The molecular weight excluding hydrogens is 277 g/mol. The van der Waals surface area contributed by atoms with Gasteiger partial charge >= 0.3 is 0 Å². The number of carbonyl (C=O) groups excluding carboxylic acids is 1. The zero-order chi connectivity index (χ0) is 14.5. The van der Waals surface area contributed by atoms with Gasteiger partial charge in [0.1, 0.15) is 5.82 Å². The van der Waals surface area contributed by atoms with Crippen molar-refractivity contribution in [3.63, 3.8) is 0 Å². The van der Waals surface area contributed by atoms with Crippen molar-refractivity contribution in [1.29, 1.82) is 0 Å². The SMILES string of the molecule is NC(Cc1ccccc1)C(=O)Cc1cc(F)ccc1Cl. The first kappa shape index (κ1) is 14.7. The molecule has 0 aliphatic rings. The van der Waals surface area contributed by atoms with E-state index in [1.807, 2.05) is 30.3 Å². The van der Waals surface area contributed by atoms with Crippen molar-refractivity contribution in [3.05, 3.63) is 70.5 Å². The summed E-state index contributed by atoms with van der Waals surface area (Å²) in [4.78, 5) is 12.1. The molecule has 0 aromatic heterocycles. The molecule has 1 atom stereocenters. The van der Waals surface area contributed by atoms with Crippen molar-refractivity contribution >= 4 is 17.4 Å². The summed E-state index contributed by atoms with van der Waals surface area (Å²) in [5.41, 5.74) is 7.37. The highest BCUT2D eigenvalue weighted by molar-refractivity contribution is 6.31. The molecule has 1 unspecified atom stereocenters. The molecule has 0 radical (unpaired) electrons. The second kappa shape index (κ2) is 6.64. The fourth-order valence-corrected chi connectivity index (χ4v) is 2.16. The Morgan fingerprint density at radius 1 is 1.20 bits per heavy atom. The number of benzene rings is 2. The fraction of sp³-hybridized carbons (Fsp3) is 0.188. The van der Waals surface area contributed by atoms with Crippen LogP contribution in [0.4, 0.5) is 4.39 Å². The van der Waals surface area contributed by atoms with E-state index in [2.05, 4.69) is 0 Å². The van der Waals surface area contributed by atoms with Gasteiger partial charge in [-0.1, -0.05) is 41.9 Å². The van der Waals surface area contributed by atoms with Gasteiger partial charge in [-0.3, -0.25) is 4.79 Å². The van der Waals surface area contributed by atoms with Crippen LogP contribution in [-0.4, -0.2) is 11.8 Å². The van der Waals surface area contributed by atoms with E-state index < -0.39 is 11.9 Å². The van der Waals surface area contributed by atoms with Gasteiger partial charge in [0.2, 0.25) is 0 Å². The Bertz CT molecular complexity index is 601. The third-order valence-corrected chi connectivity index (χ3v) is 3.45. The van der Waals surface area contributed by atoms with Crippen LogP contribution in [0.3, 0.4) is 0 Å². The van der Waals surface area contributed by atoms with E-state index in [0.29, 0.717) is 17.0 Å². The third-order valence-electron chi connectivity index (χ3n) is 3.08. The molecule has 2 aromatic rings. The maximum atomic E-state index is 13.1. The topological polar surface area (TPSA) is 43.1 Å². The molecular formula is C16H15ClFNO. The Hall–Kier alpha value is -1.71. The smallest absolute Gasteiger partial charge is 0.154 e. The summed E-state index contributed by atoms with van der Waals surface area (Å²) in [7, 11) is 0. The highest BCUT2D eigenvalue weighted by atomic mass is 35.5. The highest BCUT2D eigenvalue weighted by Gasteiger charge is 2.16. The molecule has 4 heteroatoms. The van der Waals surface area contributed by atoms with Gasteiger partial charge in [0.25, 0.3) is 0 Å². The van der Waals surface area contributed by atoms with Gasteiger partial charge in [0, 0.05) is 11.4 Å². The number of ketones is 1. The largest absolute Gasteiger partial charge is 0.321 e.